The smallest absolute Gasteiger partial charge is 0.255 e. The van der Waals surface area contributed by atoms with Gasteiger partial charge >= 0.3 is 0 Å². The highest BCUT2D eigenvalue weighted by molar-refractivity contribution is 6.25. The van der Waals surface area contributed by atoms with Crippen LogP contribution in [0.5, 0.6) is 5.75 Å². The van der Waals surface area contributed by atoms with Gasteiger partial charge in [0, 0.05) is 11.7 Å². The zero-order valence-corrected chi connectivity index (χ0v) is 6.96. The van der Waals surface area contributed by atoms with Gasteiger partial charge in [-0.25, -0.2) is 4.98 Å². The first kappa shape index (κ1) is 9.00. The third-order valence-corrected chi connectivity index (χ3v) is 1.33. The van der Waals surface area contributed by atoms with Crippen molar-refractivity contribution >= 4 is 11.6 Å². The molecule has 1 heterocycles. The summed E-state index contributed by atoms with van der Waals surface area (Å²) >= 11 is 5.24. The molecule has 0 N–H and O–H groups in total. The molecule has 0 aromatic carbocycles. The van der Waals surface area contributed by atoms with Crippen LogP contribution in [0.4, 0.5) is 4.39 Å². The zero-order chi connectivity index (χ0) is 8.81. The second-order valence-corrected chi connectivity index (χ2v) is 2.22. The molecule has 2 nitrogen and oxygen atoms in total. The summed E-state index contributed by atoms with van der Waals surface area (Å²) in [6.07, 6.45) is 2.92. The molecule has 0 saturated heterocycles. The van der Waals surface area contributed by atoms with E-state index in [1.807, 2.05) is 0 Å². The molecule has 0 amide bonds. The predicted molar refractivity (Wildman–Crippen MR) is 44.7 cm³/mol. The first-order valence-corrected chi connectivity index (χ1v) is 3.77. The Bertz CT molecular complexity index is 278. The quantitative estimate of drug-likeness (QED) is 0.678. The second-order valence-electron chi connectivity index (χ2n) is 1.97. The SMILES string of the molecule is Fc1ncccc1OCC=CCl. The molecule has 0 aliphatic heterocycles. The summed E-state index contributed by atoms with van der Waals surface area (Å²) < 4.78 is 17.7. The molecule has 0 spiro atoms. The number of halogens is 2. The molecule has 0 aliphatic rings. The van der Waals surface area contributed by atoms with Crippen molar-refractivity contribution in [3.8, 4) is 5.75 Å². The molecule has 0 unspecified atom stereocenters. The van der Waals surface area contributed by atoms with E-state index in [4.69, 9.17) is 16.3 Å². The topological polar surface area (TPSA) is 22.1 Å². The van der Waals surface area contributed by atoms with Crippen molar-refractivity contribution < 1.29 is 9.13 Å². The first-order valence-electron chi connectivity index (χ1n) is 3.33. The van der Waals surface area contributed by atoms with Crippen molar-refractivity contribution in [3.05, 3.63) is 35.9 Å². The lowest BCUT2D eigenvalue weighted by Crippen LogP contribution is -1.96. The number of nitrogens with zero attached hydrogens (tertiary/aromatic N) is 1. The van der Waals surface area contributed by atoms with Crippen LogP contribution in [0.25, 0.3) is 0 Å². The predicted octanol–water partition coefficient (Wildman–Crippen LogP) is 2.35. The molecule has 1 aromatic rings. The third-order valence-electron chi connectivity index (χ3n) is 1.15. The number of ether oxygens (including phenoxy) is 1. The third kappa shape index (κ3) is 2.51. The Kier molecular flexibility index (Phi) is 3.54. The lowest BCUT2D eigenvalue weighted by molar-refractivity contribution is 0.335. The molecule has 0 atom stereocenters. The van der Waals surface area contributed by atoms with Crippen LogP contribution in [-0.2, 0) is 0 Å². The van der Waals surface area contributed by atoms with Crippen LogP contribution in [0, 0.1) is 5.95 Å². The normalized spacial score (nSPS) is 10.5. The number of aromatic nitrogens is 1. The van der Waals surface area contributed by atoms with Gasteiger partial charge in [-0.15, -0.1) is 0 Å². The molecule has 1 rings (SSSR count). The number of hydrogen-bond donors (Lipinski definition) is 0. The highest BCUT2D eigenvalue weighted by Crippen LogP contribution is 2.12. The van der Waals surface area contributed by atoms with Gasteiger partial charge in [-0.3, -0.25) is 0 Å². The van der Waals surface area contributed by atoms with Crippen molar-refractivity contribution in [2.45, 2.75) is 0 Å². The van der Waals surface area contributed by atoms with E-state index in [0.717, 1.165) is 0 Å². The molecule has 0 saturated carbocycles. The first-order chi connectivity index (χ1) is 5.84. The fourth-order valence-corrected chi connectivity index (χ4v) is 0.726. The molecule has 1 aromatic heterocycles. The van der Waals surface area contributed by atoms with Gasteiger partial charge in [0.15, 0.2) is 5.75 Å². The highest BCUT2D eigenvalue weighted by atomic mass is 35.5. The molecule has 0 aliphatic carbocycles. The molecule has 4 heteroatoms. The van der Waals surface area contributed by atoms with E-state index >= 15 is 0 Å². The molecular formula is C8H7ClFNO. The van der Waals surface area contributed by atoms with Crippen LogP contribution < -0.4 is 4.74 Å². The molecule has 64 valence electrons. The monoisotopic (exact) mass is 187 g/mol. The van der Waals surface area contributed by atoms with Crippen molar-refractivity contribution in [3.63, 3.8) is 0 Å². The van der Waals surface area contributed by atoms with E-state index in [2.05, 4.69) is 4.98 Å². The lowest BCUT2D eigenvalue weighted by Gasteiger charge is -2.01. The summed E-state index contributed by atoms with van der Waals surface area (Å²) in [5.74, 6) is -0.479. The van der Waals surface area contributed by atoms with Gasteiger partial charge in [-0.1, -0.05) is 11.6 Å². The van der Waals surface area contributed by atoms with Crippen LogP contribution in [0.15, 0.2) is 29.9 Å². The van der Waals surface area contributed by atoms with Gasteiger partial charge in [-0.2, -0.15) is 4.39 Å². The molecule has 0 bridgehead atoms. The van der Waals surface area contributed by atoms with Gasteiger partial charge < -0.3 is 4.74 Å². The summed E-state index contributed by atoms with van der Waals surface area (Å²) in [6.45, 7) is 0.242. The number of pyridine rings is 1. The summed E-state index contributed by atoms with van der Waals surface area (Å²) in [4.78, 5) is 3.41. The van der Waals surface area contributed by atoms with E-state index < -0.39 is 5.95 Å². The van der Waals surface area contributed by atoms with Crippen molar-refractivity contribution in [1.82, 2.24) is 4.98 Å². The maximum atomic E-state index is 12.7. The van der Waals surface area contributed by atoms with Gasteiger partial charge in [0.1, 0.15) is 6.61 Å². The Morgan fingerprint density at radius 2 is 2.50 bits per heavy atom. The average Bonchev–Trinajstić information content (AvgIpc) is 2.09. The fourth-order valence-electron chi connectivity index (χ4n) is 0.653. The second kappa shape index (κ2) is 4.72. The standard InChI is InChI=1S/C8H7ClFNO/c9-4-2-6-12-7-3-1-5-11-8(7)10/h1-5H,6H2. The summed E-state index contributed by atoms with van der Waals surface area (Å²) in [6, 6.07) is 3.10. The molecule has 12 heavy (non-hydrogen) atoms. The highest BCUT2D eigenvalue weighted by Gasteiger charge is 2.00. The van der Waals surface area contributed by atoms with Gasteiger partial charge in [-0.05, 0) is 18.2 Å². The van der Waals surface area contributed by atoms with E-state index in [1.165, 1.54) is 17.8 Å². The minimum absolute atomic E-state index is 0.132. The Labute approximate surface area is 74.6 Å². The number of rotatable bonds is 3. The van der Waals surface area contributed by atoms with Crippen molar-refractivity contribution in [1.29, 1.82) is 0 Å². The Morgan fingerprint density at radius 3 is 3.17 bits per heavy atom. The van der Waals surface area contributed by atoms with Gasteiger partial charge in [0.2, 0.25) is 0 Å². The number of hydrogen-bond acceptors (Lipinski definition) is 2. The zero-order valence-electron chi connectivity index (χ0n) is 6.21. The molecular weight excluding hydrogens is 181 g/mol. The van der Waals surface area contributed by atoms with Gasteiger partial charge in [0.05, 0.1) is 0 Å². The van der Waals surface area contributed by atoms with Crippen LogP contribution >= 0.6 is 11.6 Å². The lowest BCUT2D eigenvalue weighted by atomic mass is 10.4. The van der Waals surface area contributed by atoms with Gasteiger partial charge in [0.25, 0.3) is 5.95 Å². The van der Waals surface area contributed by atoms with Crippen molar-refractivity contribution in [2.24, 2.45) is 0 Å². The fraction of sp³-hybridized carbons (Fsp3) is 0.125. The largest absolute Gasteiger partial charge is 0.485 e. The summed E-state index contributed by atoms with van der Waals surface area (Å²) in [5, 5.41) is 0. The van der Waals surface area contributed by atoms with Crippen LogP contribution in [0.2, 0.25) is 0 Å². The maximum absolute atomic E-state index is 12.7. The van der Waals surface area contributed by atoms with Crippen LogP contribution in [0.3, 0.4) is 0 Å². The molecule has 0 radical (unpaired) electrons. The van der Waals surface area contributed by atoms with Crippen LogP contribution in [0.1, 0.15) is 0 Å². The van der Waals surface area contributed by atoms with E-state index in [1.54, 1.807) is 12.1 Å². The maximum Gasteiger partial charge on any atom is 0.255 e. The summed E-state index contributed by atoms with van der Waals surface area (Å²) in [5.41, 5.74) is 1.31. The minimum Gasteiger partial charge on any atom is -0.485 e. The Balaban J connectivity index is 2.57. The van der Waals surface area contributed by atoms with E-state index in [0.29, 0.717) is 0 Å². The summed E-state index contributed by atoms with van der Waals surface area (Å²) in [7, 11) is 0. The Morgan fingerprint density at radius 1 is 1.67 bits per heavy atom. The van der Waals surface area contributed by atoms with Crippen molar-refractivity contribution in [2.75, 3.05) is 6.61 Å². The van der Waals surface area contributed by atoms with Crippen LogP contribution in [-0.4, -0.2) is 11.6 Å². The average molecular weight is 188 g/mol. The Hall–Kier alpha value is -1.09. The minimum atomic E-state index is -0.611. The van der Waals surface area contributed by atoms with E-state index in [9.17, 15) is 4.39 Å². The van der Waals surface area contributed by atoms with E-state index in [-0.39, 0.29) is 12.4 Å². The molecule has 0 fully saturated rings.